The van der Waals surface area contributed by atoms with E-state index < -0.39 is 0 Å². The zero-order chi connectivity index (χ0) is 12.4. The van der Waals surface area contributed by atoms with E-state index in [1.165, 1.54) is 11.3 Å². The number of rotatable bonds is 3. The van der Waals surface area contributed by atoms with Crippen LogP contribution in [0.25, 0.3) is 0 Å². The number of hydrogen-bond acceptors (Lipinski definition) is 4. The molecule has 1 aromatic carbocycles. The van der Waals surface area contributed by atoms with Gasteiger partial charge in [-0.15, -0.1) is 11.3 Å². The van der Waals surface area contributed by atoms with Gasteiger partial charge in [-0.3, -0.25) is 4.79 Å². The highest BCUT2D eigenvalue weighted by Crippen LogP contribution is 2.19. The smallest absolute Gasteiger partial charge is 0.212 e. The van der Waals surface area contributed by atoms with Crippen molar-refractivity contribution < 1.29 is 4.79 Å². The van der Waals surface area contributed by atoms with Crippen molar-refractivity contribution in [1.82, 2.24) is 4.98 Å². The average molecular weight is 246 g/mol. The molecule has 88 valence electrons. The van der Waals surface area contributed by atoms with Crippen molar-refractivity contribution in [3.63, 3.8) is 0 Å². The summed E-state index contributed by atoms with van der Waals surface area (Å²) in [5.41, 5.74) is 7.88. The minimum Gasteiger partial charge on any atom is -0.322 e. The molecule has 4 heteroatoms. The summed E-state index contributed by atoms with van der Waals surface area (Å²) in [5.74, 6) is -0.0359. The number of nitrogens with zero attached hydrogens (tertiary/aromatic N) is 1. The normalized spacial score (nSPS) is 12.4. The number of nitrogens with two attached hydrogens (primary N) is 1. The lowest BCUT2D eigenvalue weighted by Gasteiger charge is -2.02. The molecule has 3 nitrogen and oxygen atoms in total. The van der Waals surface area contributed by atoms with E-state index in [0.29, 0.717) is 11.3 Å². The molecule has 1 atom stereocenters. The predicted octanol–water partition coefficient (Wildman–Crippen LogP) is 2.70. The minimum atomic E-state index is -0.126. The third-order valence-corrected chi connectivity index (χ3v) is 3.58. The summed E-state index contributed by atoms with van der Waals surface area (Å²) in [4.78, 5) is 16.5. The fourth-order valence-electron chi connectivity index (χ4n) is 1.57. The molecule has 0 bridgehead atoms. The number of hydrogen-bond donors (Lipinski definition) is 1. The van der Waals surface area contributed by atoms with E-state index >= 15 is 0 Å². The first-order chi connectivity index (χ1) is 8.09. The number of carbonyl (C=O) groups excluding carboxylic acids is 1. The van der Waals surface area contributed by atoms with Crippen molar-refractivity contribution in [2.75, 3.05) is 0 Å². The molecule has 2 aromatic rings. The molecule has 0 saturated carbocycles. The number of aryl methyl sites for hydroxylation is 1. The van der Waals surface area contributed by atoms with Gasteiger partial charge in [-0.1, -0.05) is 24.3 Å². The van der Waals surface area contributed by atoms with E-state index in [2.05, 4.69) is 4.98 Å². The Labute approximate surface area is 104 Å². The molecule has 0 radical (unpaired) electrons. The minimum absolute atomic E-state index is 0.0359. The van der Waals surface area contributed by atoms with E-state index in [1.807, 2.05) is 38.1 Å². The summed E-state index contributed by atoms with van der Waals surface area (Å²) in [5, 5.41) is 2.56. The van der Waals surface area contributed by atoms with E-state index in [-0.39, 0.29) is 11.8 Å². The van der Waals surface area contributed by atoms with E-state index in [1.54, 1.807) is 5.38 Å². The highest BCUT2D eigenvalue weighted by molar-refractivity contribution is 7.09. The van der Waals surface area contributed by atoms with Crippen LogP contribution in [0.5, 0.6) is 0 Å². The Hall–Kier alpha value is -1.52. The first kappa shape index (κ1) is 12.0. The molecule has 0 aliphatic heterocycles. The molecule has 2 N–H and O–H groups in total. The van der Waals surface area contributed by atoms with Crippen LogP contribution in [0.4, 0.5) is 0 Å². The van der Waals surface area contributed by atoms with Gasteiger partial charge in [0, 0.05) is 10.9 Å². The maximum atomic E-state index is 12.2. The number of thiazole rings is 1. The van der Waals surface area contributed by atoms with Gasteiger partial charge < -0.3 is 5.73 Å². The third-order valence-electron chi connectivity index (χ3n) is 2.53. The quantitative estimate of drug-likeness (QED) is 0.847. The van der Waals surface area contributed by atoms with Gasteiger partial charge in [0.1, 0.15) is 10.7 Å². The summed E-state index contributed by atoms with van der Waals surface area (Å²) in [6.45, 7) is 3.78. The van der Waals surface area contributed by atoms with Crippen molar-refractivity contribution in [1.29, 1.82) is 0 Å². The second kappa shape index (κ2) is 4.77. The predicted molar refractivity (Wildman–Crippen MR) is 69.3 cm³/mol. The van der Waals surface area contributed by atoms with Gasteiger partial charge in [0.2, 0.25) is 5.78 Å². The molecule has 0 fully saturated rings. The first-order valence-electron chi connectivity index (χ1n) is 5.41. The van der Waals surface area contributed by atoms with Gasteiger partial charge in [-0.2, -0.15) is 0 Å². The van der Waals surface area contributed by atoms with Gasteiger partial charge in [0.15, 0.2) is 0 Å². The number of aromatic nitrogens is 1. The average Bonchev–Trinajstić information content (AvgIpc) is 2.78. The van der Waals surface area contributed by atoms with Crippen molar-refractivity contribution in [2.45, 2.75) is 19.9 Å². The first-order valence-corrected chi connectivity index (χ1v) is 6.29. The zero-order valence-electron chi connectivity index (χ0n) is 9.81. The number of ketones is 1. The monoisotopic (exact) mass is 246 g/mol. The molecular weight excluding hydrogens is 232 g/mol. The summed E-state index contributed by atoms with van der Waals surface area (Å²) in [7, 11) is 0. The van der Waals surface area contributed by atoms with Crippen molar-refractivity contribution in [2.24, 2.45) is 5.73 Å². The summed E-state index contributed by atoms with van der Waals surface area (Å²) in [6.07, 6.45) is 0. The maximum Gasteiger partial charge on any atom is 0.212 e. The molecule has 2 rings (SSSR count). The van der Waals surface area contributed by atoms with Crippen LogP contribution in [-0.4, -0.2) is 10.8 Å². The van der Waals surface area contributed by atoms with Crippen molar-refractivity contribution in [3.8, 4) is 0 Å². The van der Waals surface area contributed by atoms with Crippen LogP contribution in [0.1, 0.15) is 39.6 Å². The Balaban J connectivity index is 2.34. The van der Waals surface area contributed by atoms with Gasteiger partial charge >= 0.3 is 0 Å². The summed E-state index contributed by atoms with van der Waals surface area (Å²) < 4.78 is 0. The molecule has 1 aromatic heterocycles. The van der Waals surface area contributed by atoms with E-state index in [0.717, 1.165) is 10.6 Å². The third kappa shape index (κ3) is 2.43. The molecular formula is C13H14N2OS. The second-order valence-corrected chi connectivity index (χ2v) is 4.89. The van der Waals surface area contributed by atoms with E-state index in [4.69, 9.17) is 5.73 Å². The maximum absolute atomic E-state index is 12.2. The molecule has 17 heavy (non-hydrogen) atoms. The van der Waals surface area contributed by atoms with Crippen LogP contribution in [0.2, 0.25) is 0 Å². The molecule has 0 spiro atoms. The fraction of sp³-hybridized carbons (Fsp3) is 0.231. The molecule has 0 aliphatic carbocycles. The van der Waals surface area contributed by atoms with Crippen LogP contribution in [-0.2, 0) is 0 Å². The zero-order valence-corrected chi connectivity index (χ0v) is 10.6. The lowest BCUT2D eigenvalue weighted by Crippen LogP contribution is -2.07. The summed E-state index contributed by atoms with van der Waals surface area (Å²) >= 11 is 1.43. The molecule has 1 heterocycles. The Morgan fingerprint density at radius 1 is 1.41 bits per heavy atom. The fourth-order valence-corrected chi connectivity index (χ4v) is 2.32. The SMILES string of the molecule is Cc1ccccc1C(=O)c1csc(C(C)N)n1. The molecule has 1 unspecified atom stereocenters. The Kier molecular flexibility index (Phi) is 3.36. The van der Waals surface area contributed by atoms with Crippen LogP contribution < -0.4 is 5.73 Å². The van der Waals surface area contributed by atoms with Crippen LogP contribution in [0.15, 0.2) is 29.6 Å². The highest BCUT2D eigenvalue weighted by Gasteiger charge is 2.15. The van der Waals surface area contributed by atoms with Crippen molar-refractivity contribution >= 4 is 17.1 Å². The highest BCUT2D eigenvalue weighted by atomic mass is 32.1. The van der Waals surface area contributed by atoms with Crippen molar-refractivity contribution in [3.05, 3.63) is 51.5 Å². The number of benzene rings is 1. The lowest BCUT2D eigenvalue weighted by atomic mass is 10.0. The Morgan fingerprint density at radius 2 is 2.12 bits per heavy atom. The molecule has 0 aliphatic rings. The Bertz CT molecular complexity index is 546. The topological polar surface area (TPSA) is 56.0 Å². The lowest BCUT2D eigenvalue weighted by molar-refractivity contribution is 0.103. The van der Waals surface area contributed by atoms with Crippen LogP contribution >= 0.6 is 11.3 Å². The van der Waals surface area contributed by atoms with Gasteiger partial charge in [0.25, 0.3) is 0 Å². The standard InChI is InChI=1S/C13H14N2OS/c1-8-5-3-4-6-10(8)12(16)11-7-17-13(15-11)9(2)14/h3-7,9H,14H2,1-2H3. The van der Waals surface area contributed by atoms with Crippen LogP contribution in [0, 0.1) is 6.92 Å². The van der Waals surface area contributed by atoms with Gasteiger partial charge in [0.05, 0.1) is 6.04 Å². The number of carbonyl (C=O) groups is 1. The molecule has 0 amide bonds. The van der Waals surface area contributed by atoms with Crippen LogP contribution in [0.3, 0.4) is 0 Å². The summed E-state index contributed by atoms with van der Waals surface area (Å²) in [6, 6.07) is 7.40. The molecule has 0 saturated heterocycles. The van der Waals surface area contributed by atoms with Gasteiger partial charge in [-0.25, -0.2) is 4.98 Å². The second-order valence-electron chi connectivity index (χ2n) is 4.00. The largest absolute Gasteiger partial charge is 0.322 e. The van der Waals surface area contributed by atoms with E-state index in [9.17, 15) is 4.79 Å². The van der Waals surface area contributed by atoms with Gasteiger partial charge in [-0.05, 0) is 19.4 Å². The Morgan fingerprint density at radius 3 is 2.71 bits per heavy atom.